The average molecular weight is 429 g/mol. The second-order valence-electron chi connectivity index (χ2n) is 3.96. The van der Waals surface area contributed by atoms with E-state index in [1.54, 1.807) is 18.2 Å². The average Bonchev–Trinajstić information content (AvgIpc) is 2.40. The number of benzene rings is 1. The van der Waals surface area contributed by atoms with Gasteiger partial charge in [-0.3, -0.25) is 0 Å². The highest BCUT2D eigenvalue weighted by Crippen LogP contribution is 2.31. The Kier molecular flexibility index (Phi) is 4.77. The van der Waals surface area contributed by atoms with Crippen LogP contribution in [0.25, 0.3) is 0 Å². The lowest BCUT2D eigenvalue weighted by Gasteiger charge is -2.12. The molecule has 0 aliphatic carbocycles. The Hall–Kier alpha value is -1.29. The molecule has 2 rings (SSSR count). The summed E-state index contributed by atoms with van der Waals surface area (Å²) in [6, 6.07) is 6.50. The molecule has 0 aliphatic rings. The van der Waals surface area contributed by atoms with Crippen LogP contribution in [0.5, 0.6) is 0 Å². The molecule has 1 aromatic carbocycles. The summed E-state index contributed by atoms with van der Waals surface area (Å²) in [6.45, 7) is 0. The first-order valence-corrected chi connectivity index (χ1v) is 7.11. The lowest BCUT2D eigenvalue weighted by Crippen LogP contribution is -2.13. The summed E-state index contributed by atoms with van der Waals surface area (Å²) < 4.78 is 39.2. The molecule has 9 heteroatoms. The van der Waals surface area contributed by atoms with Gasteiger partial charge in [0.2, 0.25) is 5.82 Å². The summed E-state index contributed by atoms with van der Waals surface area (Å²) >= 11 is 8.12. The van der Waals surface area contributed by atoms with E-state index in [1.165, 1.54) is 13.1 Å². The molecule has 0 spiro atoms. The van der Waals surface area contributed by atoms with Crippen LogP contribution in [0, 0.1) is 3.57 Å². The third kappa shape index (κ3) is 4.10. The maximum atomic E-state index is 12.7. The summed E-state index contributed by atoms with van der Waals surface area (Å²) in [5, 5.41) is 5.71. The van der Waals surface area contributed by atoms with Crippen molar-refractivity contribution in [2.75, 3.05) is 17.7 Å². The number of hydrogen-bond acceptors (Lipinski definition) is 4. The predicted octanol–water partition coefficient (Wildman–Crippen LogP) is 4.54. The van der Waals surface area contributed by atoms with Gasteiger partial charge in [0.15, 0.2) is 0 Å². The first-order valence-electron chi connectivity index (χ1n) is 5.65. The van der Waals surface area contributed by atoms with E-state index in [4.69, 9.17) is 11.6 Å². The van der Waals surface area contributed by atoms with Crippen molar-refractivity contribution in [3.63, 3.8) is 0 Å². The molecule has 1 heterocycles. The molecule has 112 valence electrons. The van der Waals surface area contributed by atoms with Gasteiger partial charge in [-0.1, -0.05) is 11.6 Å². The van der Waals surface area contributed by atoms with Gasteiger partial charge in [0.05, 0.1) is 10.7 Å². The van der Waals surface area contributed by atoms with Crippen molar-refractivity contribution in [1.29, 1.82) is 0 Å². The Balaban J connectivity index is 2.39. The molecule has 21 heavy (non-hydrogen) atoms. The molecule has 0 saturated heterocycles. The summed E-state index contributed by atoms with van der Waals surface area (Å²) in [5.41, 5.74) is 0.464. The fourth-order valence-electron chi connectivity index (χ4n) is 1.49. The number of hydrogen-bond donors (Lipinski definition) is 2. The Morgan fingerprint density at radius 3 is 2.38 bits per heavy atom. The van der Waals surface area contributed by atoms with Crippen molar-refractivity contribution in [2.24, 2.45) is 0 Å². The fourth-order valence-corrected chi connectivity index (χ4v) is 2.40. The number of halogens is 5. The summed E-state index contributed by atoms with van der Waals surface area (Å²) in [5.74, 6) is -1.16. The van der Waals surface area contributed by atoms with Gasteiger partial charge in [-0.2, -0.15) is 13.2 Å². The number of rotatable bonds is 3. The second kappa shape index (κ2) is 6.22. The minimum absolute atomic E-state index is 0.00443. The molecule has 4 nitrogen and oxygen atoms in total. The van der Waals surface area contributed by atoms with E-state index in [1.807, 2.05) is 0 Å². The third-order valence-corrected chi connectivity index (χ3v) is 3.41. The maximum Gasteiger partial charge on any atom is 0.451 e. The van der Waals surface area contributed by atoms with E-state index in [0.29, 0.717) is 10.7 Å². The molecule has 0 unspecified atom stereocenters. The van der Waals surface area contributed by atoms with Gasteiger partial charge >= 0.3 is 6.18 Å². The van der Waals surface area contributed by atoms with Crippen molar-refractivity contribution < 1.29 is 13.2 Å². The van der Waals surface area contributed by atoms with Crippen LogP contribution in [0.1, 0.15) is 5.82 Å². The molecule has 0 fully saturated rings. The minimum Gasteiger partial charge on any atom is -0.373 e. The van der Waals surface area contributed by atoms with Crippen molar-refractivity contribution in [3.8, 4) is 0 Å². The van der Waals surface area contributed by atoms with Crippen molar-refractivity contribution >= 4 is 51.5 Å². The van der Waals surface area contributed by atoms with Gasteiger partial charge in [0, 0.05) is 16.7 Å². The van der Waals surface area contributed by atoms with E-state index in [0.717, 1.165) is 3.57 Å². The van der Waals surface area contributed by atoms with Gasteiger partial charge < -0.3 is 10.6 Å². The van der Waals surface area contributed by atoms with E-state index in [2.05, 4.69) is 43.2 Å². The monoisotopic (exact) mass is 428 g/mol. The smallest absolute Gasteiger partial charge is 0.373 e. The number of nitrogens with zero attached hydrogens (tertiary/aromatic N) is 2. The van der Waals surface area contributed by atoms with Gasteiger partial charge in [0.1, 0.15) is 11.6 Å². The molecule has 0 radical (unpaired) electrons. The number of alkyl halides is 3. The SMILES string of the molecule is CNc1cc(Nc2ccc(I)cc2Cl)nc(C(F)(F)F)n1. The largest absolute Gasteiger partial charge is 0.451 e. The van der Waals surface area contributed by atoms with Crippen LogP contribution in [-0.4, -0.2) is 17.0 Å². The van der Waals surface area contributed by atoms with E-state index < -0.39 is 12.0 Å². The van der Waals surface area contributed by atoms with Crippen LogP contribution >= 0.6 is 34.2 Å². The van der Waals surface area contributed by atoms with Crippen LogP contribution in [0.2, 0.25) is 5.02 Å². The highest BCUT2D eigenvalue weighted by Gasteiger charge is 2.35. The molecule has 2 N–H and O–H groups in total. The van der Waals surface area contributed by atoms with Crippen LogP contribution in [0.3, 0.4) is 0 Å². The quantitative estimate of drug-likeness (QED) is 0.705. The molecule has 0 saturated carbocycles. The molecular weight excluding hydrogens is 420 g/mol. The Morgan fingerprint density at radius 2 is 1.81 bits per heavy atom. The lowest BCUT2D eigenvalue weighted by molar-refractivity contribution is -0.144. The first-order chi connectivity index (χ1) is 9.79. The van der Waals surface area contributed by atoms with Crippen molar-refractivity contribution in [2.45, 2.75) is 6.18 Å². The first kappa shape index (κ1) is 16.1. The van der Waals surface area contributed by atoms with Crippen molar-refractivity contribution in [1.82, 2.24) is 9.97 Å². The Morgan fingerprint density at radius 1 is 1.14 bits per heavy atom. The summed E-state index contributed by atoms with van der Waals surface area (Å²) in [6.07, 6.45) is -4.63. The standard InChI is InChI=1S/C12H9ClF3IN4/c1-18-9-5-10(21-11(20-9)12(14,15)16)19-8-3-2-6(17)4-7(8)13/h2-5H,1H3,(H2,18,19,20,21). The van der Waals surface area contributed by atoms with Crippen LogP contribution < -0.4 is 10.6 Å². The molecule has 1 aromatic heterocycles. The number of aromatic nitrogens is 2. The topological polar surface area (TPSA) is 49.8 Å². The molecular formula is C12H9ClF3IN4. The lowest BCUT2D eigenvalue weighted by atomic mass is 10.3. The zero-order valence-electron chi connectivity index (χ0n) is 10.6. The van der Waals surface area contributed by atoms with E-state index in [9.17, 15) is 13.2 Å². The van der Waals surface area contributed by atoms with Gasteiger partial charge in [0.25, 0.3) is 0 Å². The zero-order valence-corrected chi connectivity index (χ0v) is 13.5. The van der Waals surface area contributed by atoms with Gasteiger partial charge in [-0.25, -0.2) is 9.97 Å². The zero-order chi connectivity index (χ0) is 15.6. The highest BCUT2D eigenvalue weighted by molar-refractivity contribution is 14.1. The van der Waals surface area contributed by atoms with Crippen LogP contribution in [-0.2, 0) is 6.18 Å². The summed E-state index contributed by atoms with van der Waals surface area (Å²) in [7, 11) is 1.48. The van der Waals surface area contributed by atoms with E-state index in [-0.39, 0.29) is 11.6 Å². The normalized spacial score (nSPS) is 11.3. The maximum absolute atomic E-state index is 12.7. The van der Waals surface area contributed by atoms with Crippen LogP contribution in [0.15, 0.2) is 24.3 Å². The predicted molar refractivity (Wildman–Crippen MR) is 84.0 cm³/mol. The Bertz CT molecular complexity index is 663. The number of nitrogens with one attached hydrogen (secondary N) is 2. The molecule has 2 aromatic rings. The molecule has 0 amide bonds. The van der Waals surface area contributed by atoms with Crippen molar-refractivity contribution in [3.05, 3.63) is 38.7 Å². The highest BCUT2D eigenvalue weighted by atomic mass is 127. The van der Waals surface area contributed by atoms with Gasteiger partial charge in [-0.05, 0) is 40.8 Å². The molecule has 0 bridgehead atoms. The van der Waals surface area contributed by atoms with E-state index >= 15 is 0 Å². The third-order valence-electron chi connectivity index (χ3n) is 2.43. The Labute approximate surface area is 137 Å². The molecule has 0 aliphatic heterocycles. The van der Waals surface area contributed by atoms with Crippen LogP contribution in [0.4, 0.5) is 30.5 Å². The second-order valence-corrected chi connectivity index (χ2v) is 5.61. The summed E-state index contributed by atoms with van der Waals surface area (Å²) in [4.78, 5) is 6.84. The fraction of sp³-hybridized carbons (Fsp3) is 0.167. The van der Waals surface area contributed by atoms with Gasteiger partial charge in [-0.15, -0.1) is 0 Å². The number of anilines is 3. The molecule has 0 atom stereocenters. The minimum atomic E-state index is -4.63.